The molecule has 1 amide bonds. The summed E-state index contributed by atoms with van der Waals surface area (Å²) in [5, 5.41) is 20.0. The van der Waals surface area contributed by atoms with Gasteiger partial charge in [0.2, 0.25) is 5.91 Å². The molecule has 0 saturated carbocycles. The molecule has 26 heavy (non-hydrogen) atoms. The molecule has 0 unspecified atom stereocenters. The first-order valence-electron chi connectivity index (χ1n) is 7.33. The summed E-state index contributed by atoms with van der Waals surface area (Å²) in [6.45, 7) is 1.22. The smallest absolute Gasteiger partial charge is 0.325 e. The number of amides is 1. The fourth-order valence-corrected chi connectivity index (χ4v) is 2.36. The highest BCUT2D eigenvalue weighted by Crippen LogP contribution is 2.22. The Labute approximate surface area is 146 Å². The fraction of sp³-hybridized carbons (Fsp3) is 0.200. The van der Waals surface area contributed by atoms with E-state index < -0.39 is 11.9 Å². The van der Waals surface area contributed by atoms with Crippen molar-refractivity contribution in [3.63, 3.8) is 0 Å². The van der Waals surface area contributed by atoms with Crippen molar-refractivity contribution in [1.82, 2.24) is 24.1 Å². The monoisotopic (exact) mass is 360 g/mol. The van der Waals surface area contributed by atoms with Crippen LogP contribution in [0.5, 0.6) is 0 Å². The first-order chi connectivity index (χ1) is 12.4. The minimum atomic E-state index is -1.07. The molecule has 3 aromatic rings. The predicted octanol–water partition coefficient (Wildman–Crippen LogP) is -0.286. The highest BCUT2D eigenvalue weighted by Gasteiger charge is 2.20. The molecule has 3 heterocycles. The van der Waals surface area contributed by atoms with Gasteiger partial charge >= 0.3 is 5.97 Å². The number of nitrogens with two attached hydrogens (primary N) is 1. The minimum absolute atomic E-state index is 0.161. The highest BCUT2D eigenvalue weighted by atomic mass is 16.4. The Morgan fingerprint density at radius 3 is 2.58 bits per heavy atom. The molecule has 11 nitrogen and oxygen atoms in total. The van der Waals surface area contributed by atoms with E-state index in [9.17, 15) is 9.59 Å². The number of imidazole rings is 1. The summed E-state index contributed by atoms with van der Waals surface area (Å²) in [7, 11) is 0. The molecule has 0 aromatic carbocycles. The Balaban J connectivity index is 0.000000758. The van der Waals surface area contributed by atoms with Crippen molar-refractivity contribution in [3.05, 3.63) is 35.9 Å². The SMILES string of the molecule is Cc1c(-c2nc(CC(N)=O)nn2CC(=O)O)nc2ccccn12.O=CO. The Bertz CT molecular complexity index is 961. The maximum absolute atomic E-state index is 11.1. The number of carboxylic acids is 1. The fourth-order valence-electron chi connectivity index (χ4n) is 2.36. The van der Waals surface area contributed by atoms with Gasteiger partial charge in [0.15, 0.2) is 11.6 Å². The molecule has 4 N–H and O–H groups in total. The number of rotatable bonds is 5. The number of carbonyl (C=O) groups is 3. The summed E-state index contributed by atoms with van der Waals surface area (Å²) in [4.78, 5) is 39.2. The van der Waals surface area contributed by atoms with Crippen LogP contribution in [-0.4, -0.2) is 52.7 Å². The Morgan fingerprint density at radius 1 is 1.31 bits per heavy atom. The number of pyridine rings is 1. The molecule has 3 rings (SSSR count). The van der Waals surface area contributed by atoms with Gasteiger partial charge in [0.1, 0.15) is 17.9 Å². The third kappa shape index (κ3) is 4.01. The molecule has 136 valence electrons. The standard InChI is InChI=1S/C14H14N6O3.CH2O2/c1-8-13(17-11-4-2-3-5-19(8)11)14-16-10(6-9(15)21)18-20(14)7-12(22)23;2-1-3/h2-5H,6-7H2,1H3,(H2,15,21)(H,22,23);1H,(H,2,3). The van der Waals surface area contributed by atoms with E-state index in [1.54, 1.807) is 0 Å². The molecule has 0 fully saturated rings. The van der Waals surface area contributed by atoms with Gasteiger partial charge in [-0.15, -0.1) is 0 Å². The van der Waals surface area contributed by atoms with Crippen LogP contribution in [0.25, 0.3) is 17.2 Å². The number of fused-ring (bicyclic) bond motifs is 1. The van der Waals surface area contributed by atoms with Gasteiger partial charge in [0, 0.05) is 6.20 Å². The molecule has 0 atom stereocenters. The van der Waals surface area contributed by atoms with Crippen molar-refractivity contribution in [3.8, 4) is 11.5 Å². The summed E-state index contributed by atoms with van der Waals surface area (Å²) in [6.07, 6.45) is 1.69. The lowest BCUT2D eigenvalue weighted by Crippen LogP contribution is -2.15. The number of aryl methyl sites for hydroxylation is 1. The molecule has 0 aliphatic carbocycles. The largest absolute Gasteiger partial charge is 0.483 e. The molecule has 0 aliphatic heterocycles. The van der Waals surface area contributed by atoms with Gasteiger partial charge in [-0.3, -0.25) is 14.4 Å². The van der Waals surface area contributed by atoms with Crippen LogP contribution in [0.1, 0.15) is 11.5 Å². The Kier molecular flexibility index (Phi) is 5.63. The average Bonchev–Trinajstić information content (AvgIpc) is 3.08. The van der Waals surface area contributed by atoms with Crippen molar-refractivity contribution in [2.24, 2.45) is 5.73 Å². The normalized spacial score (nSPS) is 10.2. The summed E-state index contributed by atoms with van der Waals surface area (Å²) in [6, 6.07) is 5.55. The van der Waals surface area contributed by atoms with Crippen LogP contribution in [0.4, 0.5) is 0 Å². The van der Waals surface area contributed by atoms with E-state index in [-0.39, 0.29) is 25.3 Å². The Morgan fingerprint density at radius 2 is 2.00 bits per heavy atom. The van der Waals surface area contributed by atoms with Crippen LogP contribution in [0, 0.1) is 6.92 Å². The summed E-state index contributed by atoms with van der Waals surface area (Å²) < 4.78 is 3.08. The Hall–Kier alpha value is -3.76. The van der Waals surface area contributed by atoms with E-state index >= 15 is 0 Å². The number of primary amides is 1. The average molecular weight is 360 g/mol. The van der Waals surface area contributed by atoms with Crippen molar-refractivity contribution in [1.29, 1.82) is 0 Å². The van der Waals surface area contributed by atoms with Crippen LogP contribution in [0.15, 0.2) is 24.4 Å². The second kappa shape index (κ2) is 7.88. The second-order valence-corrected chi connectivity index (χ2v) is 5.13. The molecule has 0 radical (unpaired) electrons. The summed E-state index contributed by atoms with van der Waals surface area (Å²) in [5.74, 6) is -1.19. The zero-order chi connectivity index (χ0) is 19.3. The molecule has 11 heteroatoms. The van der Waals surface area contributed by atoms with Gasteiger partial charge < -0.3 is 20.3 Å². The van der Waals surface area contributed by atoms with Gasteiger partial charge in [-0.1, -0.05) is 6.07 Å². The van der Waals surface area contributed by atoms with E-state index in [0.717, 1.165) is 5.69 Å². The van der Waals surface area contributed by atoms with Crippen LogP contribution in [0.2, 0.25) is 0 Å². The lowest BCUT2D eigenvalue weighted by atomic mass is 10.3. The predicted molar refractivity (Wildman–Crippen MR) is 88.2 cm³/mol. The summed E-state index contributed by atoms with van der Waals surface area (Å²) in [5.41, 5.74) is 7.17. The van der Waals surface area contributed by atoms with Crippen molar-refractivity contribution >= 4 is 24.0 Å². The number of hydrogen-bond donors (Lipinski definition) is 3. The number of hydrogen-bond acceptors (Lipinski definition) is 6. The van der Waals surface area contributed by atoms with Crippen molar-refractivity contribution in [2.45, 2.75) is 19.9 Å². The summed E-state index contributed by atoms with van der Waals surface area (Å²) >= 11 is 0. The van der Waals surface area contributed by atoms with Crippen LogP contribution in [0.3, 0.4) is 0 Å². The highest BCUT2D eigenvalue weighted by molar-refractivity contribution is 5.76. The quantitative estimate of drug-likeness (QED) is 0.522. The molecule has 0 spiro atoms. The van der Waals surface area contributed by atoms with Gasteiger partial charge in [0.25, 0.3) is 6.47 Å². The molecular weight excluding hydrogens is 344 g/mol. The number of aliphatic carboxylic acids is 1. The van der Waals surface area contributed by atoms with Gasteiger partial charge in [-0.2, -0.15) is 5.10 Å². The maximum Gasteiger partial charge on any atom is 0.325 e. The first-order valence-corrected chi connectivity index (χ1v) is 7.33. The van der Waals surface area contributed by atoms with E-state index in [1.165, 1.54) is 4.68 Å². The molecule has 0 bridgehead atoms. The van der Waals surface area contributed by atoms with E-state index in [1.807, 2.05) is 35.7 Å². The maximum atomic E-state index is 11.1. The van der Waals surface area contributed by atoms with E-state index in [0.29, 0.717) is 17.2 Å². The van der Waals surface area contributed by atoms with Crippen molar-refractivity contribution < 1.29 is 24.6 Å². The lowest BCUT2D eigenvalue weighted by molar-refractivity contribution is -0.137. The zero-order valence-electron chi connectivity index (χ0n) is 13.7. The minimum Gasteiger partial charge on any atom is -0.483 e. The molecule has 0 saturated heterocycles. The van der Waals surface area contributed by atoms with Gasteiger partial charge in [0.05, 0.1) is 12.1 Å². The third-order valence-electron chi connectivity index (χ3n) is 3.31. The first kappa shape index (κ1) is 18.6. The third-order valence-corrected chi connectivity index (χ3v) is 3.31. The topological polar surface area (TPSA) is 166 Å². The van der Waals surface area contributed by atoms with Crippen LogP contribution < -0.4 is 5.73 Å². The molecule has 3 aromatic heterocycles. The number of carboxylic acid groups (broad SMARTS) is 2. The zero-order valence-corrected chi connectivity index (χ0v) is 13.7. The molecule has 0 aliphatic rings. The lowest BCUT2D eigenvalue weighted by Gasteiger charge is -2.01. The van der Waals surface area contributed by atoms with E-state index in [4.69, 9.17) is 20.7 Å². The van der Waals surface area contributed by atoms with E-state index in [2.05, 4.69) is 15.1 Å². The van der Waals surface area contributed by atoms with Crippen molar-refractivity contribution in [2.75, 3.05) is 0 Å². The van der Waals surface area contributed by atoms with Crippen LogP contribution >= 0.6 is 0 Å². The van der Waals surface area contributed by atoms with Gasteiger partial charge in [-0.25, -0.2) is 14.6 Å². The van der Waals surface area contributed by atoms with Crippen LogP contribution in [-0.2, 0) is 27.3 Å². The van der Waals surface area contributed by atoms with Gasteiger partial charge in [-0.05, 0) is 19.1 Å². The second-order valence-electron chi connectivity index (χ2n) is 5.13. The number of nitrogens with zero attached hydrogens (tertiary/aromatic N) is 5. The number of aromatic nitrogens is 5. The number of carbonyl (C=O) groups excluding carboxylic acids is 1. The molecular formula is C15H16N6O5.